The van der Waals surface area contributed by atoms with Crippen LogP contribution in [0.2, 0.25) is 0 Å². The van der Waals surface area contributed by atoms with Gasteiger partial charge in [-0.05, 0) is 79.5 Å². The molecule has 39 heavy (non-hydrogen) atoms. The molecule has 1 amide bonds. The largest absolute Gasteiger partial charge is 0.508 e. The first-order valence-corrected chi connectivity index (χ1v) is 12.1. The quantitative estimate of drug-likeness (QED) is 0.352. The number of likely N-dealkylation sites (tertiary alicyclic amines) is 1. The molecule has 4 rings (SSSR count). The van der Waals surface area contributed by atoms with Crippen LogP contribution in [0.4, 0.5) is 28.9 Å². The molecule has 3 N–H and O–H groups in total. The first kappa shape index (κ1) is 29.4. The summed E-state index contributed by atoms with van der Waals surface area (Å²) in [5.41, 5.74) is 3.16. The van der Waals surface area contributed by atoms with E-state index < -0.39 is 18.0 Å². The van der Waals surface area contributed by atoms with E-state index in [1.54, 1.807) is 12.1 Å². The zero-order valence-electron chi connectivity index (χ0n) is 21.2. The highest BCUT2D eigenvalue weighted by Crippen LogP contribution is 2.25. The Morgan fingerprint density at radius 2 is 1.72 bits per heavy atom. The predicted molar refractivity (Wildman–Crippen MR) is 139 cm³/mol. The molecule has 1 unspecified atom stereocenters. The number of phenolic OH excluding ortho intramolecular Hbond substituents is 1. The summed E-state index contributed by atoms with van der Waals surface area (Å²) in [6, 6.07) is 21.2. The number of nitrogens with zero attached hydrogens (tertiary/aromatic N) is 2. The van der Waals surface area contributed by atoms with Gasteiger partial charge < -0.3 is 20.4 Å². The summed E-state index contributed by atoms with van der Waals surface area (Å²) < 4.78 is 45.1. The highest BCUT2D eigenvalue weighted by molar-refractivity contribution is 6.04. The number of alkyl halides is 3. The number of amides is 1. The zero-order chi connectivity index (χ0) is 28.6. The summed E-state index contributed by atoms with van der Waals surface area (Å²) in [7, 11) is 2.10. The average molecular weight is 548 g/mol. The number of benzene rings is 3. The maximum absolute atomic E-state index is 13.4. The fraction of sp³-hybridized carbons (Fsp3) is 0.286. The van der Waals surface area contributed by atoms with Gasteiger partial charge in [-0.2, -0.15) is 13.2 Å². The molecule has 7 nitrogen and oxygen atoms in total. The summed E-state index contributed by atoms with van der Waals surface area (Å²) in [5.74, 6) is -3.22. The Morgan fingerprint density at radius 1 is 1.05 bits per heavy atom. The lowest BCUT2D eigenvalue weighted by Gasteiger charge is -2.38. The molecule has 11 heteroatoms. The monoisotopic (exact) mass is 547 g/mol. The molecule has 0 aliphatic carbocycles. The van der Waals surface area contributed by atoms with Crippen molar-refractivity contribution in [3.63, 3.8) is 0 Å². The number of carbonyl (C=O) groups excluding carboxylic acids is 1. The molecule has 1 aliphatic heterocycles. The maximum Gasteiger partial charge on any atom is 0.490 e. The van der Waals surface area contributed by atoms with Gasteiger partial charge in [0.15, 0.2) is 0 Å². The van der Waals surface area contributed by atoms with Crippen LogP contribution in [0.5, 0.6) is 5.75 Å². The van der Waals surface area contributed by atoms with Crippen molar-refractivity contribution < 1.29 is 37.4 Å². The van der Waals surface area contributed by atoms with Gasteiger partial charge in [0.2, 0.25) is 0 Å². The minimum absolute atomic E-state index is 0.292. The van der Waals surface area contributed by atoms with Crippen molar-refractivity contribution in [2.75, 3.05) is 30.4 Å². The van der Waals surface area contributed by atoms with Crippen LogP contribution in [-0.4, -0.2) is 59.3 Å². The Bertz CT molecular complexity index is 1270. The molecule has 3 aromatic rings. The fourth-order valence-corrected chi connectivity index (χ4v) is 4.23. The molecule has 0 spiro atoms. The van der Waals surface area contributed by atoms with Crippen LogP contribution in [0, 0.1) is 5.82 Å². The summed E-state index contributed by atoms with van der Waals surface area (Å²) in [5, 5.41) is 19.7. The van der Waals surface area contributed by atoms with Crippen molar-refractivity contribution in [1.82, 2.24) is 4.90 Å². The second-order valence-electron chi connectivity index (χ2n) is 9.13. The molecule has 0 bridgehead atoms. The number of halogens is 4. The lowest BCUT2D eigenvalue weighted by atomic mass is 10.0. The van der Waals surface area contributed by atoms with E-state index in [-0.39, 0.29) is 5.91 Å². The van der Waals surface area contributed by atoms with Gasteiger partial charge >= 0.3 is 12.1 Å². The number of aliphatic carboxylic acids is 1. The van der Waals surface area contributed by atoms with Gasteiger partial charge in [0.05, 0.1) is 0 Å². The van der Waals surface area contributed by atoms with E-state index in [1.807, 2.05) is 42.5 Å². The van der Waals surface area contributed by atoms with Crippen LogP contribution in [0.25, 0.3) is 0 Å². The number of rotatable bonds is 6. The third-order valence-corrected chi connectivity index (χ3v) is 6.21. The van der Waals surface area contributed by atoms with E-state index >= 15 is 0 Å². The smallest absolute Gasteiger partial charge is 0.490 e. The van der Waals surface area contributed by atoms with Crippen LogP contribution in [-0.2, 0) is 11.3 Å². The number of likely N-dealkylation sites (N-methyl/N-ethyl adjacent to an activating group) is 1. The molecule has 208 valence electrons. The van der Waals surface area contributed by atoms with Crippen molar-refractivity contribution in [2.45, 2.75) is 31.6 Å². The van der Waals surface area contributed by atoms with Gasteiger partial charge in [0.25, 0.3) is 5.91 Å². The highest BCUT2D eigenvalue weighted by atomic mass is 19.4. The average Bonchev–Trinajstić information content (AvgIpc) is 2.89. The summed E-state index contributed by atoms with van der Waals surface area (Å²) >= 11 is 0. The second-order valence-corrected chi connectivity index (χ2v) is 9.13. The van der Waals surface area contributed by atoms with Crippen LogP contribution < -0.4 is 10.2 Å². The molecule has 1 heterocycles. The van der Waals surface area contributed by atoms with Crippen molar-refractivity contribution in [3.05, 3.63) is 89.7 Å². The molecule has 3 aromatic carbocycles. The normalized spacial score (nSPS) is 15.6. The number of carboxylic acids is 1. The van der Waals surface area contributed by atoms with Crippen molar-refractivity contribution in [1.29, 1.82) is 0 Å². The van der Waals surface area contributed by atoms with Crippen LogP contribution in [0.1, 0.15) is 28.8 Å². The second kappa shape index (κ2) is 13.1. The molecule has 1 saturated heterocycles. The Kier molecular flexibility index (Phi) is 9.89. The van der Waals surface area contributed by atoms with Gasteiger partial charge in [-0.1, -0.05) is 18.2 Å². The van der Waals surface area contributed by atoms with Crippen molar-refractivity contribution in [3.8, 4) is 5.75 Å². The number of carboxylic acid groups (broad SMARTS) is 1. The molecule has 1 atom stereocenters. The highest BCUT2D eigenvalue weighted by Gasteiger charge is 2.38. The SMILES string of the molecule is CN(c1ccc(NC(=O)c2cccc(F)c2)cc1)C1CCCN(Cc2cccc(O)c2)C1.O=C(O)C(F)(F)F. The molecule has 1 aliphatic rings. The first-order valence-electron chi connectivity index (χ1n) is 12.1. The predicted octanol–water partition coefficient (Wildman–Crippen LogP) is 5.52. The lowest BCUT2D eigenvalue weighted by Crippen LogP contribution is -2.46. The van der Waals surface area contributed by atoms with E-state index in [2.05, 4.69) is 22.2 Å². The molecular weight excluding hydrogens is 518 g/mol. The Balaban J connectivity index is 0.000000532. The van der Waals surface area contributed by atoms with E-state index in [0.717, 1.165) is 43.7 Å². The summed E-state index contributed by atoms with van der Waals surface area (Å²) in [6.45, 7) is 2.82. The molecular formula is C28H29F4N3O4. The third kappa shape index (κ3) is 8.99. The first-order chi connectivity index (χ1) is 18.4. The van der Waals surface area contributed by atoms with E-state index in [1.165, 1.54) is 18.2 Å². The van der Waals surface area contributed by atoms with Crippen LogP contribution in [0.15, 0.2) is 72.8 Å². The van der Waals surface area contributed by atoms with Gasteiger partial charge in [0, 0.05) is 43.1 Å². The van der Waals surface area contributed by atoms with Crippen LogP contribution >= 0.6 is 0 Å². The third-order valence-electron chi connectivity index (χ3n) is 6.21. The minimum atomic E-state index is -5.08. The number of carbonyl (C=O) groups is 2. The topological polar surface area (TPSA) is 93.1 Å². The Morgan fingerprint density at radius 3 is 2.33 bits per heavy atom. The number of aromatic hydroxyl groups is 1. The van der Waals surface area contributed by atoms with Gasteiger partial charge in [-0.3, -0.25) is 9.69 Å². The van der Waals surface area contributed by atoms with Gasteiger partial charge in [0.1, 0.15) is 11.6 Å². The number of anilines is 2. The number of hydrogen-bond donors (Lipinski definition) is 3. The molecule has 0 saturated carbocycles. The maximum atomic E-state index is 13.4. The number of hydrogen-bond acceptors (Lipinski definition) is 5. The fourth-order valence-electron chi connectivity index (χ4n) is 4.23. The van der Waals surface area contributed by atoms with E-state index in [9.17, 15) is 27.5 Å². The summed E-state index contributed by atoms with van der Waals surface area (Å²) in [4.78, 5) is 25.9. The van der Waals surface area contributed by atoms with Gasteiger partial charge in [-0.15, -0.1) is 0 Å². The lowest BCUT2D eigenvalue weighted by molar-refractivity contribution is -0.192. The van der Waals surface area contributed by atoms with Crippen LogP contribution in [0.3, 0.4) is 0 Å². The minimum Gasteiger partial charge on any atom is -0.508 e. The number of nitrogens with one attached hydrogen (secondary N) is 1. The Labute approximate surface area is 223 Å². The molecule has 0 aromatic heterocycles. The van der Waals surface area contributed by atoms with Gasteiger partial charge in [-0.25, -0.2) is 9.18 Å². The van der Waals surface area contributed by atoms with E-state index in [4.69, 9.17) is 9.90 Å². The number of piperidine rings is 1. The standard InChI is InChI=1S/C26H28FN3O2.C2HF3O2/c1-29(24-8-4-14-30(18-24)17-19-5-2-9-25(31)15-19)23-12-10-22(11-13-23)28-26(32)20-6-3-7-21(27)16-20;3-2(4,5)1(6)7/h2-3,5-7,9-13,15-16,24,31H,4,8,14,17-18H2,1H3,(H,28,32);(H,6,7). The summed E-state index contributed by atoms with van der Waals surface area (Å²) in [6.07, 6.45) is -2.85. The Hall–Kier alpha value is -4.12. The molecule has 0 radical (unpaired) electrons. The molecule has 1 fully saturated rings. The zero-order valence-corrected chi connectivity index (χ0v) is 21.2. The number of phenols is 1. The van der Waals surface area contributed by atoms with Crippen molar-refractivity contribution in [2.24, 2.45) is 0 Å². The van der Waals surface area contributed by atoms with Crippen molar-refractivity contribution >= 4 is 23.3 Å². The van der Waals surface area contributed by atoms with E-state index in [0.29, 0.717) is 23.0 Å².